The van der Waals surface area contributed by atoms with Crippen LogP contribution in [-0.4, -0.2) is 28.5 Å². The number of rotatable bonds is 5. The van der Waals surface area contributed by atoms with E-state index in [-0.39, 0.29) is 22.7 Å². The van der Waals surface area contributed by atoms with Crippen LogP contribution in [0.3, 0.4) is 0 Å². The first-order valence-electron chi connectivity index (χ1n) is 11.1. The highest BCUT2D eigenvalue weighted by Gasteiger charge is 2.22. The molecular formula is C25H24N6O3. The molecule has 9 heteroatoms. The van der Waals surface area contributed by atoms with Crippen LogP contribution in [0.5, 0.6) is 0 Å². The lowest BCUT2D eigenvalue weighted by atomic mass is 10.1. The zero-order valence-corrected chi connectivity index (χ0v) is 19.2. The summed E-state index contributed by atoms with van der Waals surface area (Å²) in [4.78, 5) is 43.7. The average Bonchev–Trinajstić information content (AvgIpc) is 3.23. The summed E-state index contributed by atoms with van der Waals surface area (Å²) in [6, 6.07) is 17.3. The molecule has 0 aliphatic rings. The minimum atomic E-state index is -0.479. The molecule has 0 N–H and O–H groups in total. The topological polar surface area (TPSA) is 96.7 Å². The monoisotopic (exact) mass is 456 g/mol. The van der Waals surface area contributed by atoms with Gasteiger partial charge in [-0.3, -0.25) is 18.7 Å². The highest BCUT2D eigenvalue weighted by Crippen LogP contribution is 2.18. The molecule has 0 spiro atoms. The van der Waals surface area contributed by atoms with Crippen LogP contribution in [0.4, 0.5) is 0 Å². The summed E-state index contributed by atoms with van der Waals surface area (Å²) in [6.45, 7) is 2.25. The Balaban J connectivity index is 1.75. The Morgan fingerprint density at radius 1 is 0.824 bits per heavy atom. The number of fused-ring (bicyclic) bond motifs is 2. The van der Waals surface area contributed by atoms with Crippen molar-refractivity contribution in [2.24, 2.45) is 14.1 Å². The van der Waals surface area contributed by atoms with E-state index in [9.17, 15) is 14.4 Å². The largest absolute Gasteiger partial charge is 0.332 e. The second kappa shape index (κ2) is 8.26. The van der Waals surface area contributed by atoms with Gasteiger partial charge in [0.2, 0.25) is 5.95 Å². The van der Waals surface area contributed by atoms with Crippen molar-refractivity contribution < 1.29 is 0 Å². The van der Waals surface area contributed by atoms with E-state index in [1.807, 2.05) is 37.3 Å². The normalized spacial score (nSPS) is 11.5. The maximum absolute atomic E-state index is 13.4. The van der Waals surface area contributed by atoms with E-state index in [1.165, 1.54) is 21.9 Å². The first-order valence-corrected chi connectivity index (χ1v) is 11.1. The Hall–Kier alpha value is -4.27. The number of aromatic nitrogens is 6. The minimum Gasteiger partial charge on any atom is -0.302 e. The van der Waals surface area contributed by atoms with Crippen LogP contribution in [0.1, 0.15) is 17.7 Å². The Labute approximate surface area is 194 Å². The van der Waals surface area contributed by atoms with Gasteiger partial charge in [0.25, 0.3) is 11.1 Å². The van der Waals surface area contributed by atoms with Crippen LogP contribution in [0.25, 0.3) is 27.9 Å². The van der Waals surface area contributed by atoms with Crippen LogP contribution in [0, 0.1) is 6.92 Å². The first-order chi connectivity index (χ1) is 16.4. The zero-order valence-electron chi connectivity index (χ0n) is 19.2. The smallest absolute Gasteiger partial charge is 0.302 e. The molecule has 5 rings (SSSR count). The van der Waals surface area contributed by atoms with Gasteiger partial charge in [0, 0.05) is 26.0 Å². The van der Waals surface area contributed by atoms with E-state index in [0.717, 1.165) is 16.4 Å². The van der Waals surface area contributed by atoms with Crippen LogP contribution in [0.2, 0.25) is 0 Å². The lowest BCUT2D eigenvalue weighted by Gasteiger charge is -2.12. The Morgan fingerprint density at radius 3 is 2.24 bits per heavy atom. The predicted molar refractivity (Wildman–Crippen MR) is 131 cm³/mol. The molecule has 0 amide bonds. The summed E-state index contributed by atoms with van der Waals surface area (Å²) in [5, 5.41) is 5.80. The third-order valence-corrected chi connectivity index (χ3v) is 6.20. The van der Waals surface area contributed by atoms with Gasteiger partial charge in [-0.2, -0.15) is 14.8 Å². The SMILES string of the molecule is Cc1nn(-c2nc3c(c(=O)n(C)c(=O)n3C)n2CCCc2ccccc2)c(=O)c2ccccc12. The van der Waals surface area contributed by atoms with Crippen LogP contribution in [-0.2, 0) is 27.1 Å². The zero-order chi connectivity index (χ0) is 24.0. The van der Waals surface area contributed by atoms with Gasteiger partial charge in [-0.05, 0) is 31.4 Å². The number of nitrogens with zero attached hydrogens (tertiary/aromatic N) is 6. The average molecular weight is 457 g/mol. The van der Waals surface area contributed by atoms with Gasteiger partial charge < -0.3 is 4.57 Å². The van der Waals surface area contributed by atoms with Crippen molar-refractivity contribution in [3.05, 3.63) is 97.0 Å². The first kappa shape index (κ1) is 21.6. The molecule has 3 heterocycles. The van der Waals surface area contributed by atoms with Crippen molar-refractivity contribution in [2.45, 2.75) is 26.3 Å². The van der Waals surface area contributed by atoms with Gasteiger partial charge >= 0.3 is 5.69 Å². The van der Waals surface area contributed by atoms with E-state index in [2.05, 4.69) is 22.2 Å². The van der Waals surface area contributed by atoms with E-state index >= 15 is 0 Å². The van der Waals surface area contributed by atoms with E-state index < -0.39 is 11.2 Å². The molecule has 2 aromatic carbocycles. The number of imidazole rings is 1. The quantitative estimate of drug-likeness (QED) is 0.403. The van der Waals surface area contributed by atoms with Crippen LogP contribution in [0.15, 0.2) is 69.0 Å². The minimum absolute atomic E-state index is 0.222. The van der Waals surface area contributed by atoms with Crippen molar-refractivity contribution in [2.75, 3.05) is 0 Å². The molecule has 0 radical (unpaired) electrons. The van der Waals surface area contributed by atoms with E-state index in [1.54, 1.807) is 23.7 Å². The standard InChI is InChI=1S/C25H24N6O3/c1-16-18-13-7-8-14-19(18)22(32)31(27-16)24-26-21-20(23(33)29(3)25(34)28(21)2)30(24)15-9-12-17-10-5-4-6-11-17/h4-8,10-11,13-14H,9,12,15H2,1-3H3. The molecule has 172 valence electrons. The fourth-order valence-electron chi connectivity index (χ4n) is 4.38. The number of hydrogen-bond donors (Lipinski definition) is 0. The number of aryl methyl sites for hydroxylation is 4. The van der Waals surface area contributed by atoms with Gasteiger partial charge in [0.1, 0.15) is 0 Å². The van der Waals surface area contributed by atoms with Crippen molar-refractivity contribution in [1.29, 1.82) is 0 Å². The molecule has 34 heavy (non-hydrogen) atoms. The molecule has 0 unspecified atom stereocenters. The molecular weight excluding hydrogens is 432 g/mol. The second-order valence-electron chi connectivity index (χ2n) is 8.38. The Morgan fingerprint density at radius 2 is 1.50 bits per heavy atom. The van der Waals surface area contributed by atoms with Crippen LogP contribution >= 0.6 is 0 Å². The van der Waals surface area contributed by atoms with E-state index in [4.69, 9.17) is 0 Å². The van der Waals surface area contributed by atoms with Gasteiger partial charge in [0.05, 0.1) is 11.1 Å². The van der Waals surface area contributed by atoms with Crippen molar-refractivity contribution in [3.8, 4) is 5.95 Å². The molecule has 0 bridgehead atoms. The van der Waals surface area contributed by atoms with Crippen molar-refractivity contribution in [3.63, 3.8) is 0 Å². The highest BCUT2D eigenvalue weighted by atomic mass is 16.2. The van der Waals surface area contributed by atoms with Crippen molar-refractivity contribution >= 4 is 21.9 Å². The Bertz CT molecular complexity index is 1720. The summed E-state index contributed by atoms with van der Waals surface area (Å²) in [7, 11) is 3.01. The highest BCUT2D eigenvalue weighted by molar-refractivity contribution is 5.83. The molecule has 0 saturated carbocycles. The fraction of sp³-hybridized carbons (Fsp3) is 0.240. The molecule has 5 aromatic rings. The third-order valence-electron chi connectivity index (χ3n) is 6.20. The number of benzene rings is 2. The summed E-state index contributed by atoms with van der Waals surface area (Å²) >= 11 is 0. The maximum atomic E-state index is 13.4. The molecule has 3 aromatic heterocycles. The lowest BCUT2D eigenvalue weighted by Crippen LogP contribution is -2.37. The molecule has 0 aliphatic carbocycles. The molecule has 0 saturated heterocycles. The molecule has 0 aliphatic heterocycles. The summed E-state index contributed by atoms with van der Waals surface area (Å²) < 4.78 is 5.34. The van der Waals surface area contributed by atoms with Crippen LogP contribution < -0.4 is 16.8 Å². The van der Waals surface area contributed by atoms with Crippen molar-refractivity contribution in [1.82, 2.24) is 28.5 Å². The fourth-order valence-corrected chi connectivity index (χ4v) is 4.38. The number of hydrogen-bond acceptors (Lipinski definition) is 5. The summed E-state index contributed by atoms with van der Waals surface area (Å²) in [5.41, 5.74) is 1.07. The second-order valence-corrected chi connectivity index (χ2v) is 8.38. The van der Waals surface area contributed by atoms with Gasteiger partial charge in [0.15, 0.2) is 11.2 Å². The Kier molecular flexibility index (Phi) is 5.24. The molecule has 9 nitrogen and oxygen atoms in total. The van der Waals surface area contributed by atoms with Gasteiger partial charge in [-0.25, -0.2) is 4.79 Å². The maximum Gasteiger partial charge on any atom is 0.332 e. The third kappa shape index (κ3) is 3.37. The summed E-state index contributed by atoms with van der Waals surface area (Å²) in [6.07, 6.45) is 1.49. The lowest BCUT2D eigenvalue weighted by molar-refractivity contribution is 0.610. The summed E-state index contributed by atoms with van der Waals surface area (Å²) in [5.74, 6) is 0.222. The van der Waals surface area contributed by atoms with E-state index in [0.29, 0.717) is 24.0 Å². The molecule has 0 fully saturated rings. The molecule has 0 atom stereocenters. The van der Waals surface area contributed by atoms with Gasteiger partial charge in [-0.1, -0.05) is 48.5 Å². The predicted octanol–water partition coefficient (Wildman–Crippen LogP) is 2.07. The van der Waals surface area contributed by atoms with Gasteiger partial charge in [-0.15, -0.1) is 0 Å².